The van der Waals surface area contributed by atoms with Gasteiger partial charge in [-0.2, -0.15) is 13.2 Å². The summed E-state index contributed by atoms with van der Waals surface area (Å²) in [5.41, 5.74) is -1.02. The van der Waals surface area contributed by atoms with E-state index in [-0.39, 0.29) is 16.0 Å². The van der Waals surface area contributed by atoms with Crippen molar-refractivity contribution in [3.05, 3.63) is 35.2 Å². The summed E-state index contributed by atoms with van der Waals surface area (Å²) in [4.78, 5) is 14.9. The minimum absolute atomic E-state index is 0.0317. The fraction of sp³-hybridized carbons (Fsp3) is 0.100. The number of thiazole rings is 1. The van der Waals surface area contributed by atoms with Gasteiger partial charge in [0, 0.05) is 5.38 Å². The van der Waals surface area contributed by atoms with E-state index in [0.717, 1.165) is 16.7 Å². The highest BCUT2D eigenvalue weighted by Crippen LogP contribution is 2.31. The molecule has 10 heteroatoms. The van der Waals surface area contributed by atoms with Crippen molar-refractivity contribution in [3.63, 3.8) is 0 Å². The van der Waals surface area contributed by atoms with E-state index >= 15 is 0 Å². The third-order valence-electron chi connectivity index (χ3n) is 1.99. The van der Waals surface area contributed by atoms with Crippen LogP contribution in [0.1, 0.15) is 16.2 Å². The Bertz CT molecular complexity index is 622. The number of hydrogen-bond acceptors (Lipinski definition) is 5. The number of carbonyl (C=O) groups is 1. The van der Waals surface area contributed by atoms with Crippen LogP contribution in [0.2, 0.25) is 0 Å². The maximum atomic E-state index is 12.3. The van der Waals surface area contributed by atoms with Crippen LogP contribution in [0.5, 0.6) is 0 Å². The molecule has 2 heterocycles. The second kappa shape index (κ2) is 5.59. The van der Waals surface area contributed by atoms with Gasteiger partial charge in [0.2, 0.25) is 0 Å². The number of rotatable bonds is 2. The molecule has 106 valence electrons. The predicted molar refractivity (Wildman–Crippen MR) is 69.5 cm³/mol. The molecule has 1 amide bonds. The predicted octanol–water partition coefficient (Wildman–Crippen LogP) is 2.88. The van der Waals surface area contributed by atoms with Crippen molar-refractivity contribution >= 4 is 39.7 Å². The topological polar surface area (TPSA) is 67.2 Å². The first-order valence-electron chi connectivity index (χ1n) is 5.05. The third-order valence-corrected chi connectivity index (χ3v) is 2.95. The Morgan fingerprint density at radius 2 is 2.20 bits per heavy atom. The number of aromatic nitrogens is 1. The molecule has 0 bridgehead atoms. The summed E-state index contributed by atoms with van der Waals surface area (Å²) in [6.45, 7) is 0. The number of hydrogen-bond donors (Lipinski definition) is 2. The lowest BCUT2D eigenvalue weighted by Crippen LogP contribution is -2.33. The Hall–Kier alpha value is -1.94. The zero-order valence-corrected chi connectivity index (χ0v) is 11.2. The van der Waals surface area contributed by atoms with Crippen molar-refractivity contribution < 1.29 is 22.4 Å². The highest BCUT2D eigenvalue weighted by molar-refractivity contribution is 7.80. The number of nitrogens with zero attached hydrogens (tertiary/aromatic N) is 1. The van der Waals surface area contributed by atoms with Crippen LogP contribution in [0.4, 0.5) is 18.3 Å². The molecule has 2 N–H and O–H groups in total. The smallest absolute Gasteiger partial charge is 0.434 e. The third kappa shape index (κ3) is 3.54. The first-order valence-corrected chi connectivity index (χ1v) is 6.33. The SMILES string of the molecule is O=C(NC(=S)Nc1nc(C(F)(F)F)cs1)c1ccco1. The van der Waals surface area contributed by atoms with Gasteiger partial charge in [-0.1, -0.05) is 0 Å². The van der Waals surface area contributed by atoms with E-state index in [9.17, 15) is 18.0 Å². The van der Waals surface area contributed by atoms with Crippen LogP contribution in [0.15, 0.2) is 28.2 Å². The van der Waals surface area contributed by atoms with Crippen molar-refractivity contribution in [2.75, 3.05) is 5.32 Å². The van der Waals surface area contributed by atoms with E-state index in [4.69, 9.17) is 16.6 Å². The highest BCUT2D eigenvalue weighted by atomic mass is 32.1. The molecule has 0 saturated carbocycles. The molecule has 0 unspecified atom stereocenters. The molecular weight excluding hydrogens is 315 g/mol. The van der Waals surface area contributed by atoms with Crippen molar-refractivity contribution in [1.29, 1.82) is 0 Å². The number of furan rings is 1. The standard InChI is InChI=1S/C10H6F3N3O2S2/c11-10(12,13)6-4-20-9(14-6)16-8(19)15-7(17)5-2-1-3-18-5/h1-4H,(H2,14,15,16,17,19). The van der Waals surface area contributed by atoms with Crippen LogP contribution in [0, 0.1) is 0 Å². The summed E-state index contributed by atoms with van der Waals surface area (Å²) < 4.78 is 41.8. The molecule has 0 spiro atoms. The quantitative estimate of drug-likeness (QED) is 0.833. The van der Waals surface area contributed by atoms with Gasteiger partial charge in [0.25, 0.3) is 5.91 Å². The molecule has 2 aromatic rings. The average molecular weight is 321 g/mol. The molecule has 0 aliphatic heterocycles. The normalized spacial score (nSPS) is 11.2. The van der Waals surface area contributed by atoms with E-state index in [0.29, 0.717) is 0 Å². The summed E-state index contributed by atoms with van der Waals surface area (Å²) in [7, 11) is 0. The fourth-order valence-corrected chi connectivity index (χ4v) is 2.14. The molecule has 5 nitrogen and oxygen atoms in total. The van der Waals surface area contributed by atoms with Gasteiger partial charge in [-0.15, -0.1) is 11.3 Å². The number of amides is 1. The van der Waals surface area contributed by atoms with E-state index < -0.39 is 17.8 Å². The van der Waals surface area contributed by atoms with Crippen LogP contribution in [-0.2, 0) is 6.18 Å². The minimum Gasteiger partial charge on any atom is -0.459 e. The molecule has 20 heavy (non-hydrogen) atoms. The number of carbonyl (C=O) groups excluding carboxylic acids is 1. The molecule has 0 aromatic carbocycles. The molecular formula is C10H6F3N3O2S2. The first kappa shape index (κ1) is 14.5. The summed E-state index contributed by atoms with van der Waals surface area (Å²) in [5.74, 6) is -0.579. The zero-order chi connectivity index (χ0) is 14.8. The second-order valence-corrected chi connectivity index (χ2v) is 4.69. The number of nitrogens with one attached hydrogen (secondary N) is 2. The van der Waals surface area contributed by atoms with Gasteiger partial charge in [0.1, 0.15) is 0 Å². The van der Waals surface area contributed by atoms with Crippen molar-refractivity contribution in [2.45, 2.75) is 6.18 Å². The molecule has 0 atom stereocenters. The maximum Gasteiger partial charge on any atom is 0.434 e. The van der Waals surface area contributed by atoms with Crippen LogP contribution in [-0.4, -0.2) is 16.0 Å². The van der Waals surface area contributed by atoms with Crippen LogP contribution >= 0.6 is 23.6 Å². The van der Waals surface area contributed by atoms with Crippen molar-refractivity contribution in [1.82, 2.24) is 10.3 Å². The van der Waals surface area contributed by atoms with Gasteiger partial charge in [0.05, 0.1) is 6.26 Å². The van der Waals surface area contributed by atoms with E-state index in [2.05, 4.69) is 15.6 Å². The minimum atomic E-state index is -4.52. The Morgan fingerprint density at radius 1 is 1.45 bits per heavy atom. The summed E-state index contributed by atoms with van der Waals surface area (Å²) in [6, 6.07) is 2.94. The Labute approximate surface area is 119 Å². The lowest BCUT2D eigenvalue weighted by Gasteiger charge is -2.05. The van der Waals surface area contributed by atoms with Gasteiger partial charge in [-0.05, 0) is 24.4 Å². The van der Waals surface area contributed by atoms with Gasteiger partial charge < -0.3 is 9.73 Å². The maximum absolute atomic E-state index is 12.3. The fourth-order valence-electron chi connectivity index (χ4n) is 1.16. The lowest BCUT2D eigenvalue weighted by molar-refractivity contribution is -0.140. The molecule has 0 aliphatic rings. The molecule has 2 rings (SSSR count). The van der Waals surface area contributed by atoms with Crippen LogP contribution in [0.3, 0.4) is 0 Å². The zero-order valence-electron chi connectivity index (χ0n) is 9.52. The number of halogens is 3. The van der Waals surface area contributed by atoms with Crippen molar-refractivity contribution in [3.8, 4) is 0 Å². The van der Waals surface area contributed by atoms with E-state index in [1.807, 2.05) is 0 Å². The molecule has 0 radical (unpaired) electrons. The number of anilines is 1. The summed E-state index contributed by atoms with van der Waals surface area (Å²) in [5, 5.41) is 5.25. The molecule has 2 aromatic heterocycles. The molecule has 0 saturated heterocycles. The number of thiocarbonyl (C=S) groups is 1. The second-order valence-electron chi connectivity index (χ2n) is 3.42. The van der Waals surface area contributed by atoms with Crippen LogP contribution in [0.25, 0.3) is 0 Å². The largest absolute Gasteiger partial charge is 0.459 e. The molecule has 0 fully saturated rings. The lowest BCUT2D eigenvalue weighted by atomic mass is 10.4. The van der Waals surface area contributed by atoms with E-state index in [1.54, 1.807) is 0 Å². The van der Waals surface area contributed by atoms with Gasteiger partial charge in [0.15, 0.2) is 21.7 Å². The Morgan fingerprint density at radius 3 is 2.75 bits per heavy atom. The monoisotopic (exact) mass is 321 g/mol. The number of alkyl halides is 3. The van der Waals surface area contributed by atoms with Crippen LogP contribution < -0.4 is 10.6 Å². The Kier molecular flexibility index (Phi) is 4.04. The van der Waals surface area contributed by atoms with Crippen molar-refractivity contribution in [2.24, 2.45) is 0 Å². The van der Waals surface area contributed by atoms with Gasteiger partial charge in [-0.25, -0.2) is 4.98 Å². The average Bonchev–Trinajstić information content (AvgIpc) is 2.97. The molecule has 0 aliphatic carbocycles. The van der Waals surface area contributed by atoms with Gasteiger partial charge in [-0.3, -0.25) is 10.1 Å². The van der Waals surface area contributed by atoms with E-state index in [1.165, 1.54) is 18.4 Å². The van der Waals surface area contributed by atoms with Gasteiger partial charge >= 0.3 is 6.18 Å². The Balaban J connectivity index is 1.95. The first-order chi connectivity index (χ1) is 9.36. The summed E-state index contributed by atoms with van der Waals surface area (Å²) in [6.07, 6.45) is -3.21. The highest BCUT2D eigenvalue weighted by Gasteiger charge is 2.33. The summed E-state index contributed by atoms with van der Waals surface area (Å²) >= 11 is 5.51.